The third-order valence-electron chi connectivity index (χ3n) is 3.69. The van der Waals surface area contributed by atoms with E-state index in [1.807, 2.05) is 20.8 Å². The van der Waals surface area contributed by atoms with Crippen LogP contribution in [0.1, 0.15) is 46.5 Å². The van der Waals surface area contributed by atoms with E-state index in [4.69, 9.17) is 10.5 Å². The van der Waals surface area contributed by atoms with Crippen LogP contribution in [0.3, 0.4) is 0 Å². The molecule has 0 aromatic carbocycles. The molecule has 20 heavy (non-hydrogen) atoms. The Morgan fingerprint density at radius 3 is 2.25 bits per heavy atom. The van der Waals surface area contributed by atoms with E-state index in [0.717, 1.165) is 0 Å². The molecule has 1 aliphatic rings. The highest BCUT2D eigenvalue weighted by Crippen LogP contribution is 2.36. The van der Waals surface area contributed by atoms with E-state index in [9.17, 15) is 14.7 Å². The summed E-state index contributed by atoms with van der Waals surface area (Å²) in [6, 6.07) is 0. The van der Waals surface area contributed by atoms with Crippen molar-refractivity contribution in [3.63, 3.8) is 0 Å². The molecule has 0 aromatic heterocycles. The lowest BCUT2D eigenvalue weighted by Gasteiger charge is -2.39. The molecular weight excluding hydrogens is 260 g/mol. The number of carboxylic acids is 1. The zero-order chi connectivity index (χ0) is 15.4. The molecule has 1 heterocycles. The Hall–Kier alpha value is -1.30. The first-order chi connectivity index (χ1) is 9.20. The van der Waals surface area contributed by atoms with Gasteiger partial charge in [0, 0.05) is 13.1 Å². The normalized spacial score (nSPS) is 18.7. The third kappa shape index (κ3) is 4.37. The lowest BCUT2D eigenvalue weighted by molar-refractivity contribution is -0.152. The molecule has 0 aliphatic carbocycles. The van der Waals surface area contributed by atoms with Crippen molar-refractivity contribution < 1.29 is 19.4 Å². The molecule has 1 amide bonds. The van der Waals surface area contributed by atoms with E-state index in [1.165, 1.54) is 0 Å². The Labute approximate surface area is 120 Å². The van der Waals surface area contributed by atoms with Crippen molar-refractivity contribution in [2.45, 2.75) is 52.1 Å². The maximum atomic E-state index is 11.9. The molecular formula is C14H26N2O4. The van der Waals surface area contributed by atoms with E-state index < -0.39 is 17.0 Å². The number of carboxylic acid groups (broad SMARTS) is 1. The highest BCUT2D eigenvalue weighted by Gasteiger charge is 2.42. The molecule has 0 atom stereocenters. The fourth-order valence-electron chi connectivity index (χ4n) is 2.46. The quantitative estimate of drug-likeness (QED) is 0.822. The number of hydrogen-bond donors (Lipinski definition) is 2. The number of hydrogen-bond acceptors (Lipinski definition) is 4. The fourth-order valence-corrected chi connectivity index (χ4v) is 2.46. The summed E-state index contributed by atoms with van der Waals surface area (Å²) in [7, 11) is 0. The Kier molecular flexibility index (Phi) is 5.39. The molecule has 3 N–H and O–H groups in total. The van der Waals surface area contributed by atoms with Crippen molar-refractivity contribution in [1.82, 2.24) is 4.90 Å². The largest absolute Gasteiger partial charge is 0.481 e. The van der Waals surface area contributed by atoms with Crippen molar-refractivity contribution in [2.75, 3.05) is 19.6 Å². The topological polar surface area (TPSA) is 92.9 Å². The number of nitrogens with zero attached hydrogens (tertiary/aromatic N) is 1. The van der Waals surface area contributed by atoms with Crippen molar-refractivity contribution >= 4 is 12.1 Å². The summed E-state index contributed by atoms with van der Waals surface area (Å²) >= 11 is 0. The minimum absolute atomic E-state index is 0.365. The number of nitrogens with two attached hydrogens (primary N) is 1. The predicted molar refractivity (Wildman–Crippen MR) is 75.4 cm³/mol. The molecule has 1 fully saturated rings. The van der Waals surface area contributed by atoms with E-state index in [1.54, 1.807) is 4.90 Å². The first-order valence-electron chi connectivity index (χ1n) is 7.12. The lowest BCUT2D eigenvalue weighted by atomic mass is 9.75. The number of likely N-dealkylation sites (tertiary alicyclic amines) is 1. The zero-order valence-corrected chi connectivity index (χ0v) is 12.6. The number of aliphatic carboxylic acids is 1. The van der Waals surface area contributed by atoms with Gasteiger partial charge >= 0.3 is 12.1 Å². The molecule has 1 rings (SSSR count). The van der Waals surface area contributed by atoms with Gasteiger partial charge < -0.3 is 20.5 Å². The monoisotopic (exact) mass is 286 g/mol. The van der Waals surface area contributed by atoms with Crippen LogP contribution in [-0.4, -0.2) is 47.3 Å². The van der Waals surface area contributed by atoms with Gasteiger partial charge in [0.1, 0.15) is 5.60 Å². The summed E-state index contributed by atoms with van der Waals surface area (Å²) < 4.78 is 5.31. The van der Waals surface area contributed by atoms with E-state index in [0.29, 0.717) is 45.3 Å². The molecule has 0 saturated carbocycles. The molecule has 0 unspecified atom stereocenters. The second kappa shape index (κ2) is 6.43. The van der Waals surface area contributed by atoms with Crippen LogP contribution in [-0.2, 0) is 9.53 Å². The number of amides is 1. The Morgan fingerprint density at radius 2 is 1.85 bits per heavy atom. The van der Waals surface area contributed by atoms with Gasteiger partial charge in [0.05, 0.1) is 5.41 Å². The molecule has 6 nitrogen and oxygen atoms in total. The predicted octanol–water partition coefficient (Wildman–Crippen LogP) is 1.83. The van der Waals surface area contributed by atoms with Crippen molar-refractivity contribution in [1.29, 1.82) is 0 Å². The molecule has 0 bridgehead atoms. The standard InChI is InChI=1S/C14H26N2O4/c1-13(2,3)20-12(19)16-9-6-14(7-10-16,11(17)18)5-4-8-15/h4-10,15H2,1-3H3,(H,17,18). The van der Waals surface area contributed by atoms with Crippen LogP contribution in [0.5, 0.6) is 0 Å². The summed E-state index contributed by atoms with van der Waals surface area (Å²) in [5.74, 6) is -0.783. The van der Waals surface area contributed by atoms with E-state index >= 15 is 0 Å². The van der Waals surface area contributed by atoms with Gasteiger partial charge in [0.15, 0.2) is 0 Å². The molecule has 6 heteroatoms. The summed E-state index contributed by atoms with van der Waals surface area (Å²) in [6.07, 6.45) is 1.82. The van der Waals surface area contributed by atoms with Crippen LogP contribution in [0, 0.1) is 5.41 Å². The van der Waals surface area contributed by atoms with E-state index in [-0.39, 0.29) is 6.09 Å². The highest BCUT2D eigenvalue weighted by molar-refractivity contribution is 5.75. The number of ether oxygens (including phenoxy) is 1. The zero-order valence-electron chi connectivity index (χ0n) is 12.6. The van der Waals surface area contributed by atoms with E-state index in [2.05, 4.69) is 0 Å². The van der Waals surface area contributed by atoms with Crippen molar-refractivity contribution in [3.8, 4) is 0 Å². The summed E-state index contributed by atoms with van der Waals surface area (Å²) in [6.45, 7) is 6.79. The van der Waals surface area contributed by atoms with Crippen LogP contribution in [0.2, 0.25) is 0 Å². The molecule has 1 saturated heterocycles. The van der Waals surface area contributed by atoms with Gasteiger partial charge in [0.25, 0.3) is 0 Å². The molecule has 1 aliphatic heterocycles. The van der Waals surface area contributed by atoms with Gasteiger partial charge in [-0.3, -0.25) is 4.79 Å². The van der Waals surface area contributed by atoms with Crippen LogP contribution in [0.25, 0.3) is 0 Å². The minimum atomic E-state index is -0.783. The van der Waals surface area contributed by atoms with Gasteiger partial charge in [-0.1, -0.05) is 0 Å². The van der Waals surface area contributed by atoms with Crippen LogP contribution < -0.4 is 5.73 Å². The average Bonchev–Trinajstić information content (AvgIpc) is 2.34. The number of carbonyl (C=O) groups excluding carboxylic acids is 1. The highest BCUT2D eigenvalue weighted by atomic mass is 16.6. The first kappa shape index (κ1) is 16.8. The molecule has 0 radical (unpaired) electrons. The van der Waals surface area contributed by atoms with Crippen molar-refractivity contribution in [2.24, 2.45) is 11.1 Å². The van der Waals surface area contributed by atoms with Gasteiger partial charge in [-0.2, -0.15) is 0 Å². The maximum Gasteiger partial charge on any atom is 0.410 e. The van der Waals surface area contributed by atoms with Gasteiger partial charge in [0.2, 0.25) is 0 Å². The van der Waals surface area contributed by atoms with Crippen LogP contribution in [0.15, 0.2) is 0 Å². The first-order valence-corrected chi connectivity index (χ1v) is 7.12. The second-order valence-electron chi connectivity index (χ2n) is 6.45. The average molecular weight is 286 g/mol. The van der Waals surface area contributed by atoms with Crippen molar-refractivity contribution in [3.05, 3.63) is 0 Å². The van der Waals surface area contributed by atoms with Gasteiger partial charge in [-0.25, -0.2) is 4.79 Å². The Balaban J connectivity index is 2.60. The SMILES string of the molecule is CC(C)(C)OC(=O)N1CCC(CCCN)(C(=O)O)CC1. The summed E-state index contributed by atoms with van der Waals surface area (Å²) in [4.78, 5) is 25.0. The maximum absolute atomic E-state index is 11.9. The molecule has 116 valence electrons. The number of rotatable bonds is 4. The summed E-state index contributed by atoms with van der Waals surface area (Å²) in [5, 5.41) is 9.45. The third-order valence-corrected chi connectivity index (χ3v) is 3.69. The number of carbonyl (C=O) groups is 2. The van der Waals surface area contributed by atoms with Gasteiger partial charge in [-0.05, 0) is 53.0 Å². The lowest BCUT2D eigenvalue weighted by Crippen LogP contribution is -2.48. The fraction of sp³-hybridized carbons (Fsp3) is 0.857. The Bertz CT molecular complexity index is 355. The smallest absolute Gasteiger partial charge is 0.410 e. The number of piperidine rings is 1. The van der Waals surface area contributed by atoms with Gasteiger partial charge in [-0.15, -0.1) is 0 Å². The minimum Gasteiger partial charge on any atom is -0.481 e. The second-order valence-corrected chi connectivity index (χ2v) is 6.45. The summed E-state index contributed by atoms with van der Waals surface area (Å²) in [5.41, 5.74) is 4.20. The molecule has 0 spiro atoms. The van der Waals surface area contributed by atoms with Crippen LogP contribution >= 0.6 is 0 Å². The molecule has 0 aromatic rings. The van der Waals surface area contributed by atoms with Crippen LogP contribution in [0.4, 0.5) is 4.79 Å². The Morgan fingerprint density at radius 1 is 1.30 bits per heavy atom.